The van der Waals surface area contributed by atoms with Crippen LogP contribution in [0.25, 0.3) is 11.4 Å². The van der Waals surface area contributed by atoms with Crippen LogP contribution in [0.5, 0.6) is 0 Å². The van der Waals surface area contributed by atoms with Crippen molar-refractivity contribution in [3.05, 3.63) is 42.2 Å². The number of unbranched alkanes of at least 4 members (excludes halogenated alkanes) is 7. The van der Waals surface area contributed by atoms with Crippen molar-refractivity contribution in [2.75, 3.05) is 5.75 Å². The number of hydrogen-bond acceptors (Lipinski definition) is 3. The molecule has 0 saturated carbocycles. The van der Waals surface area contributed by atoms with E-state index < -0.39 is 0 Å². The molecule has 0 N–H and O–H groups in total. The molecule has 1 aromatic heterocycles. The summed E-state index contributed by atoms with van der Waals surface area (Å²) in [5, 5.41) is 0. The van der Waals surface area contributed by atoms with Gasteiger partial charge in [-0.15, -0.1) is 11.8 Å². The lowest BCUT2D eigenvalue weighted by molar-refractivity contribution is 0.603. The van der Waals surface area contributed by atoms with Gasteiger partial charge in [-0.2, -0.15) is 0 Å². The number of aryl methyl sites for hydroxylation is 1. The highest BCUT2D eigenvalue weighted by atomic mass is 32.2. The minimum atomic E-state index is 0.828. The minimum absolute atomic E-state index is 0.828. The third-order valence-corrected chi connectivity index (χ3v) is 5.75. The van der Waals surface area contributed by atoms with Crippen molar-refractivity contribution in [1.82, 2.24) is 9.97 Å². The van der Waals surface area contributed by atoms with Crippen molar-refractivity contribution in [2.24, 2.45) is 0 Å². The molecule has 0 atom stereocenters. The molecule has 2 nitrogen and oxygen atoms in total. The molecule has 0 bridgehead atoms. The van der Waals surface area contributed by atoms with Crippen LogP contribution in [-0.4, -0.2) is 15.7 Å². The zero-order valence-corrected chi connectivity index (χ0v) is 17.4. The largest absolute Gasteiger partial charge is 0.236 e. The first-order valence-corrected chi connectivity index (χ1v) is 11.4. The molecule has 0 saturated heterocycles. The zero-order valence-electron chi connectivity index (χ0n) is 16.5. The van der Waals surface area contributed by atoms with E-state index in [1.807, 2.05) is 24.2 Å². The van der Waals surface area contributed by atoms with Gasteiger partial charge in [0.2, 0.25) is 0 Å². The zero-order chi connectivity index (χ0) is 18.5. The first-order chi connectivity index (χ1) is 12.8. The molecule has 0 amide bonds. The Morgan fingerprint density at radius 3 is 2.00 bits per heavy atom. The lowest BCUT2D eigenvalue weighted by atomic mass is 10.1. The van der Waals surface area contributed by atoms with Gasteiger partial charge in [0.05, 0.1) is 0 Å². The summed E-state index contributed by atoms with van der Waals surface area (Å²) in [6.45, 7) is 4.49. The van der Waals surface area contributed by atoms with Crippen LogP contribution in [0.1, 0.15) is 77.2 Å². The molecule has 2 rings (SSSR count). The van der Waals surface area contributed by atoms with Gasteiger partial charge < -0.3 is 0 Å². The summed E-state index contributed by atoms with van der Waals surface area (Å²) in [7, 11) is 0. The molecular formula is C23H34N2S. The lowest BCUT2D eigenvalue weighted by Crippen LogP contribution is -1.92. The van der Waals surface area contributed by atoms with Crippen molar-refractivity contribution in [1.29, 1.82) is 0 Å². The SMILES string of the molecule is CCCCCCCCCSc1ccc(-c2ncc(CCCC)cn2)cc1. The average molecular weight is 371 g/mol. The first-order valence-electron chi connectivity index (χ1n) is 10.4. The second kappa shape index (κ2) is 12.9. The van der Waals surface area contributed by atoms with Crippen LogP contribution in [0.4, 0.5) is 0 Å². The van der Waals surface area contributed by atoms with E-state index >= 15 is 0 Å². The fraction of sp³-hybridized carbons (Fsp3) is 0.565. The van der Waals surface area contributed by atoms with E-state index in [4.69, 9.17) is 0 Å². The van der Waals surface area contributed by atoms with E-state index in [1.165, 1.54) is 74.0 Å². The van der Waals surface area contributed by atoms with Crippen LogP contribution in [0.15, 0.2) is 41.6 Å². The van der Waals surface area contributed by atoms with Crippen LogP contribution in [0.2, 0.25) is 0 Å². The molecule has 3 heteroatoms. The van der Waals surface area contributed by atoms with Gasteiger partial charge in [0.1, 0.15) is 0 Å². The summed E-state index contributed by atoms with van der Waals surface area (Å²) in [5.74, 6) is 2.05. The Morgan fingerprint density at radius 2 is 1.35 bits per heavy atom. The standard InChI is InChI=1S/C23H34N2S/c1-3-5-7-8-9-10-11-17-26-22-15-13-21(14-16-22)23-24-18-20(19-25-23)12-6-4-2/h13-16,18-19H,3-12,17H2,1-2H3. The molecule has 2 aromatic rings. The first kappa shape index (κ1) is 21.0. The van der Waals surface area contributed by atoms with Gasteiger partial charge in [-0.1, -0.05) is 70.9 Å². The van der Waals surface area contributed by atoms with Gasteiger partial charge in [-0.05, 0) is 42.7 Å². The summed E-state index contributed by atoms with van der Waals surface area (Å²) in [6, 6.07) is 8.70. The number of thioether (sulfide) groups is 1. The number of hydrogen-bond donors (Lipinski definition) is 0. The monoisotopic (exact) mass is 370 g/mol. The highest BCUT2D eigenvalue weighted by Gasteiger charge is 2.02. The fourth-order valence-corrected chi connectivity index (χ4v) is 3.88. The Bertz CT molecular complexity index is 593. The Hall–Kier alpha value is -1.35. The Morgan fingerprint density at radius 1 is 0.731 bits per heavy atom. The van der Waals surface area contributed by atoms with Crippen molar-refractivity contribution < 1.29 is 0 Å². The second-order valence-electron chi connectivity index (χ2n) is 7.01. The molecule has 142 valence electrons. The van der Waals surface area contributed by atoms with Crippen LogP contribution in [-0.2, 0) is 6.42 Å². The highest BCUT2D eigenvalue weighted by molar-refractivity contribution is 7.99. The van der Waals surface area contributed by atoms with Gasteiger partial charge in [0, 0.05) is 22.9 Å². The summed E-state index contributed by atoms with van der Waals surface area (Å²) in [4.78, 5) is 10.4. The second-order valence-corrected chi connectivity index (χ2v) is 8.18. The molecule has 0 unspecified atom stereocenters. The summed E-state index contributed by atoms with van der Waals surface area (Å²) < 4.78 is 0. The molecular weight excluding hydrogens is 336 g/mol. The van der Waals surface area contributed by atoms with Crippen molar-refractivity contribution in [3.8, 4) is 11.4 Å². The van der Waals surface area contributed by atoms with Crippen LogP contribution in [0.3, 0.4) is 0 Å². The van der Waals surface area contributed by atoms with Crippen molar-refractivity contribution >= 4 is 11.8 Å². The predicted molar refractivity (Wildman–Crippen MR) is 115 cm³/mol. The van der Waals surface area contributed by atoms with E-state index in [9.17, 15) is 0 Å². The normalized spacial score (nSPS) is 11.0. The quantitative estimate of drug-likeness (QED) is 0.273. The summed E-state index contributed by atoms with van der Waals surface area (Å²) in [6.07, 6.45) is 17.1. The molecule has 0 spiro atoms. The molecule has 0 aliphatic heterocycles. The van der Waals surface area contributed by atoms with Crippen molar-refractivity contribution in [2.45, 2.75) is 83.0 Å². The van der Waals surface area contributed by atoms with Crippen LogP contribution >= 0.6 is 11.8 Å². The van der Waals surface area contributed by atoms with Gasteiger partial charge in [-0.3, -0.25) is 0 Å². The molecule has 1 heterocycles. The Balaban J connectivity index is 1.70. The van der Waals surface area contributed by atoms with E-state index in [1.54, 1.807) is 0 Å². The summed E-state index contributed by atoms with van der Waals surface area (Å²) >= 11 is 1.96. The molecule has 0 fully saturated rings. The molecule has 0 radical (unpaired) electrons. The minimum Gasteiger partial charge on any atom is -0.236 e. The average Bonchev–Trinajstić information content (AvgIpc) is 2.69. The van der Waals surface area contributed by atoms with E-state index in [2.05, 4.69) is 48.1 Å². The number of benzene rings is 1. The molecule has 26 heavy (non-hydrogen) atoms. The molecule has 1 aromatic carbocycles. The van der Waals surface area contributed by atoms with Crippen LogP contribution in [0, 0.1) is 0 Å². The van der Waals surface area contributed by atoms with E-state index in [0.717, 1.165) is 17.8 Å². The van der Waals surface area contributed by atoms with Gasteiger partial charge in [0.15, 0.2) is 5.82 Å². The third-order valence-electron chi connectivity index (χ3n) is 4.65. The number of rotatable bonds is 13. The van der Waals surface area contributed by atoms with E-state index in [0.29, 0.717) is 0 Å². The molecule has 0 aliphatic rings. The van der Waals surface area contributed by atoms with Crippen LogP contribution < -0.4 is 0 Å². The number of aromatic nitrogens is 2. The van der Waals surface area contributed by atoms with Crippen molar-refractivity contribution in [3.63, 3.8) is 0 Å². The maximum atomic E-state index is 4.53. The van der Waals surface area contributed by atoms with Gasteiger partial charge in [-0.25, -0.2) is 9.97 Å². The maximum absolute atomic E-state index is 4.53. The fourth-order valence-electron chi connectivity index (χ4n) is 2.96. The Kier molecular flexibility index (Phi) is 10.4. The highest BCUT2D eigenvalue weighted by Crippen LogP contribution is 2.23. The topological polar surface area (TPSA) is 25.8 Å². The Labute approximate surface area is 164 Å². The predicted octanol–water partition coefficient (Wildman–Crippen LogP) is 7.33. The smallest absolute Gasteiger partial charge is 0.159 e. The maximum Gasteiger partial charge on any atom is 0.159 e. The summed E-state index contributed by atoms with van der Waals surface area (Å²) in [5.41, 5.74) is 2.34. The number of nitrogens with zero attached hydrogens (tertiary/aromatic N) is 2. The molecule has 0 aliphatic carbocycles. The van der Waals surface area contributed by atoms with Gasteiger partial charge in [0.25, 0.3) is 0 Å². The van der Waals surface area contributed by atoms with Gasteiger partial charge >= 0.3 is 0 Å². The lowest BCUT2D eigenvalue weighted by Gasteiger charge is -2.05. The third kappa shape index (κ3) is 7.90. The van der Waals surface area contributed by atoms with E-state index in [-0.39, 0.29) is 0 Å².